The molecule has 184 valence electrons. The number of thiazole rings is 1. The minimum absolute atomic E-state index is 0.0288. The molecule has 0 saturated carbocycles. The van der Waals surface area contributed by atoms with E-state index in [0.717, 1.165) is 29.1 Å². The van der Waals surface area contributed by atoms with Crippen LogP contribution in [0.4, 0.5) is 5.13 Å². The number of carbonyl (C=O) groups is 2. The van der Waals surface area contributed by atoms with Crippen LogP contribution >= 0.6 is 11.3 Å². The first kappa shape index (κ1) is 23.9. The first-order chi connectivity index (χ1) is 17.5. The zero-order valence-corrected chi connectivity index (χ0v) is 20.9. The number of nitrogens with zero attached hydrogens (tertiary/aromatic N) is 4. The molecular weight excluding hydrogens is 478 g/mol. The van der Waals surface area contributed by atoms with Gasteiger partial charge in [0.05, 0.1) is 36.5 Å². The summed E-state index contributed by atoms with van der Waals surface area (Å²) in [6.07, 6.45) is 3.49. The van der Waals surface area contributed by atoms with Gasteiger partial charge in [-0.1, -0.05) is 11.3 Å². The van der Waals surface area contributed by atoms with Crippen LogP contribution in [0.3, 0.4) is 0 Å². The maximum Gasteiger partial charge on any atom is 0.259 e. The fourth-order valence-corrected chi connectivity index (χ4v) is 5.55. The summed E-state index contributed by atoms with van der Waals surface area (Å²) in [5.74, 6) is 0.218. The number of benzene rings is 1. The largest absolute Gasteiger partial charge is 0.496 e. The summed E-state index contributed by atoms with van der Waals surface area (Å²) < 4.78 is 11.1. The third-order valence-electron chi connectivity index (χ3n) is 6.37. The highest BCUT2D eigenvalue weighted by Crippen LogP contribution is 2.35. The fourth-order valence-electron chi connectivity index (χ4n) is 4.53. The van der Waals surface area contributed by atoms with E-state index in [1.165, 1.54) is 17.5 Å². The Hall–Kier alpha value is -3.81. The number of nitrogens with one attached hydrogen (secondary N) is 1. The summed E-state index contributed by atoms with van der Waals surface area (Å²) in [6.45, 7) is 3.53. The Morgan fingerprint density at radius 2 is 2.17 bits per heavy atom. The number of rotatable bonds is 5. The lowest BCUT2D eigenvalue weighted by Gasteiger charge is -2.28. The van der Waals surface area contributed by atoms with Crippen molar-refractivity contribution in [2.45, 2.75) is 38.8 Å². The van der Waals surface area contributed by atoms with E-state index in [4.69, 9.17) is 9.47 Å². The molecule has 1 aromatic carbocycles. The van der Waals surface area contributed by atoms with Gasteiger partial charge in [-0.2, -0.15) is 5.26 Å². The summed E-state index contributed by atoms with van der Waals surface area (Å²) in [5.41, 5.74) is 3.68. The molecule has 1 atom stereocenters. The fraction of sp³-hybridized carbons (Fsp3) is 0.346. The van der Waals surface area contributed by atoms with Crippen molar-refractivity contribution >= 4 is 28.3 Å². The minimum atomic E-state index is -0.361. The quantitative estimate of drug-likeness (QED) is 0.564. The zero-order chi connectivity index (χ0) is 25.2. The molecule has 9 nitrogen and oxygen atoms in total. The third kappa shape index (κ3) is 4.67. The second-order valence-electron chi connectivity index (χ2n) is 8.75. The Morgan fingerprint density at radius 3 is 2.92 bits per heavy atom. The molecule has 1 fully saturated rings. The Morgan fingerprint density at radius 1 is 1.31 bits per heavy atom. The molecule has 10 heteroatoms. The lowest BCUT2D eigenvalue weighted by molar-refractivity contribution is -0.141. The molecule has 0 bridgehead atoms. The van der Waals surface area contributed by atoms with Crippen LogP contribution < -0.4 is 10.1 Å². The summed E-state index contributed by atoms with van der Waals surface area (Å²) in [5, 5.41) is 12.8. The van der Waals surface area contributed by atoms with Crippen molar-refractivity contribution in [2.24, 2.45) is 0 Å². The van der Waals surface area contributed by atoms with Crippen LogP contribution in [0.5, 0.6) is 5.75 Å². The molecule has 2 aliphatic heterocycles. The molecule has 0 radical (unpaired) electrons. The number of anilines is 1. The van der Waals surface area contributed by atoms with E-state index in [9.17, 15) is 14.9 Å². The van der Waals surface area contributed by atoms with E-state index >= 15 is 0 Å². The van der Waals surface area contributed by atoms with Crippen LogP contribution in [0.1, 0.15) is 45.0 Å². The highest BCUT2D eigenvalue weighted by Gasteiger charge is 2.32. The van der Waals surface area contributed by atoms with E-state index < -0.39 is 0 Å². The number of hydrogen-bond acceptors (Lipinski definition) is 8. The Labute approximate surface area is 212 Å². The number of carbonyl (C=O) groups excluding carboxylic acids is 2. The van der Waals surface area contributed by atoms with Gasteiger partial charge in [0, 0.05) is 47.5 Å². The summed E-state index contributed by atoms with van der Waals surface area (Å²) >= 11 is 1.37. The molecule has 0 unspecified atom stereocenters. The van der Waals surface area contributed by atoms with Crippen LogP contribution in [-0.2, 0) is 22.5 Å². The van der Waals surface area contributed by atoms with Gasteiger partial charge in [0.2, 0.25) is 0 Å². The van der Waals surface area contributed by atoms with Crippen molar-refractivity contribution in [3.05, 3.63) is 57.9 Å². The summed E-state index contributed by atoms with van der Waals surface area (Å²) in [4.78, 5) is 37.8. The number of hydrogen-bond donors (Lipinski definition) is 1. The topological polar surface area (TPSA) is 117 Å². The number of aromatic nitrogens is 2. The van der Waals surface area contributed by atoms with Crippen LogP contribution in [0.2, 0.25) is 0 Å². The minimum Gasteiger partial charge on any atom is -0.496 e. The number of amides is 2. The number of nitriles is 1. The number of ether oxygens (including phenoxy) is 2. The molecule has 0 aliphatic carbocycles. The van der Waals surface area contributed by atoms with Gasteiger partial charge >= 0.3 is 0 Å². The van der Waals surface area contributed by atoms with Gasteiger partial charge in [-0.05, 0) is 44.0 Å². The normalized spacial score (nSPS) is 16.8. The van der Waals surface area contributed by atoms with Gasteiger partial charge in [-0.15, -0.1) is 0 Å². The molecule has 0 spiro atoms. The second kappa shape index (κ2) is 10.0. The van der Waals surface area contributed by atoms with E-state index in [1.807, 2.05) is 11.8 Å². The first-order valence-electron chi connectivity index (χ1n) is 11.7. The lowest BCUT2D eigenvalue weighted by Crippen LogP contribution is -2.41. The van der Waals surface area contributed by atoms with E-state index in [2.05, 4.69) is 21.4 Å². The molecule has 2 amide bonds. The number of aryl methyl sites for hydroxylation is 1. The SMILES string of the molecule is COc1ccc(C#N)cc1-c1cc(C)ncc1C(=O)Nc1nc2c(s1)CN(C(=O)[C@@H]1CCCO1)CC2. The molecule has 1 saturated heterocycles. The highest BCUT2D eigenvalue weighted by molar-refractivity contribution is 7.15. The number of pyridine rings is 1. The van der Waals surface area contributed by atoms with E-state index in [-0.39, 0.29) is 17.9 Å². The average molecular weight is 504 g/mol. The highest BCUT2D eigenvalue weighted by atomic mass is 32.1. The predicted molar refractivity (Wildman–Crippen MR) is 134 cm³/mol. The molecule has 1 N–H and O–H groups in total. The van der Waals surface area contributed by atoms with Gasteiger partial charge in [0.15, 0.2) is 5.13 Å². The van der Waals surface area contributed by atoms with Crippen molar-refractivity contribution < 1.29 is 19.1 Å². The Bertz CT molecular complexity index is 1370. The van der Waals surface area contributed by atoms with Gasteiger partial charge in [0.25, 0.3) is 11.8 Å². The molecular formula is C26H25N5O4S. The predicted octanol–water partition coefficient (Wildman–Crippen LogP) is 3.71. The van der Waals surface area contributed by atoms with Crippen molar-refractivity contribution in [1.82, 2.24) is 14.9 Å². The van der Waals surface area contributed by atoms with E-state index in [0.29, 0.717) is 59.3 Å². The monoisotopic (exact) mass is 503 g/mol. The molecule has 2 aromatic heterocycles. The number of methoxy groups -OCH3 is 1. The third-order valence-corrected chi connectivity index (χ3v) is 7.37. The van der Waals surface area contributed by atoms with Crippen LogP contribution in [0, 0.1) is 18.3 Å². The Balaban J connectivity index is 1.39. The van der Waals surface area contributed by atoms with Crippen molar-refractivity contribution in [1.29, 1.82) is 5.26 Å². The molecule has 36 heavy (non-hydrogen) atoms. The van der Waals surface area contributed by atoms with Crippen molar-refractivity contribution in [3.8, 4) is 22.9 Å². The van der Waals surface area contributed by atoms with Gasteiger partial charge in [-0.3, -0.25) is 19.9 Å². The summed E-state index contributed by atoms with van der Waals surface area (Å²) in [6, 6.07) is 9.02. The Kier molecular flexibility index (Phi) is 6.67. The molecule has 2 aliphatic rings. The smallest absolute Gasteiger partial charge is 0.259 e. The maximum atomic E-state index is 13.4. The molecule has 3 aromatic rings. The van der Waals surface area contributed by atoms with Gasteiger partial charge in [-0.25, -0.2) is 4.98 Å². The average Bonchev–Trinajstić information content (AvgIpc) is 3.57. The van der Waals surface area contributed by atoms with E-state index in [1.54, 1.807) is 31.4 Å². The molecule has 5 rings (SSSR count). The maximum absolute atomic E-state index is 13.4. The standard InChI is InChI=1S/C26H25N5O4S/c1-15-10-17(18-11-16(12-27)5-6-21(18)34-2)19(13-28-15)24(32)30-26-29-20-7-8-31(14-23(20)36-26)25(33)22-4-3-9-35-22/h5-6,10-11,13,22H,3-4,7-9,14H2,1-2H3,(H,29,30,32)/t22-/m0/s1. The van der Waals surface area contributed by atoms with Gasteiger partial charge in [0.1, 0.15) is 11.9 Å². The lowest BCUT2D eigenvalue weighted by atomic mass is 9.97. The van der Waals surface area contributed by atoms with Crippen LogP contribution in [0.15, 0.2) is 30.5 Å². The number of fused-ring (bicyclic) bond motifs is 1. The summed E-state index contributed by atoms with van der Waals surface area (Å²) in [7, 11) is 1.55. The van der Waals surface area contributed by atoms with Crippen LogP contribution in [-0.4, -0.2) is 53.0 Å². The van der Waals surface area contributed by atoms with Crippen molar-refractivity contribution in [3.63, 3.8) is 0 Å². The molecule has 4 heterocycles. The van der Waals surface area contributed by atoms with Gasteiger partial charge < -0.3 is 14.4 Å². The van der Waals surface area contributed by atoms with Crippen LogP contribution in [0.25, 0.3) is 11.1 Å². The first-order valence-corrected chi connectivity index (χ1v) is 12.5. The van der Waals surface area contributed by atoms with Crippen molar-refractivity contribution in [2.75, 3.05) is 25.6 Å². The second-order valence-corrected chi connectivity index (χ2v) is 9.84. The zero-order valence-electron chi connectivity index (χ0n) is 20.0.